The van der Waals surface area contributed by atoms with Gasteiger partial charge in [-0.15, -0.1) is 12.4 Å². The lowest BCUT2D eigenvalue weighted by Crippen LogP contribution is -2.30. The number of halogens is 1. The van der Waals surface area contributed by atoms with Gasteiger partial charge in [0.25, 0.3) is 0 Å². The van der Waals surface area contributed by atoms with Crippen molar-refractivity contribution in [1.29, 1.82) is 0 Å². The molecule has 1 saturated heterocycles. The van der Waals surface area contributed by atoms with Gasteiger partial charge in [-0.3, -0.25) is 4.79 Å². The minimum Gasteiger partial charge on any atom is -0.326 e. The van der Waals surface area contributed by atoms with Crippen molar-refractivity contribution in [3.8, 4) is 0 Å². The Bertz CT molecular complexity index is 603. The number of hydrogen-bond acceptors (Lipinski definition) is 2. The van der Waals surface area contributed by atoms with Crippen molar-refractivity contribution in [3.63, 3.8) is 0 Å². The third-order valence-corrected chi connectivity index (χ3v) is 4.00. The smallest absolute Gasteiger partial charge is 0.224 e. The summed E-state index contributed by atoms with van der Waals surface area (Å²) in [5, 5.41) is 8.67. The van der Waals surface area contributed by atoms with Crippen LogP contribution < -0.4 is 10.6 Å². The fourth-order valence-electron chi connectivity index (χ4n) is 2.88. The third kappa shape index (κ3) is 3.96. The maximum Gasteiger partial charge on any atom is 0.224 e. The summed E-state index contributed by atoms with van der Waals surface area (Å²) in [6.45, 7) is 2.07. The van der Waals surface area contributed by atoms with Crippen molar-refractivity contribution >= 4 is 34.8 Å². The molecule has 0 atom stereocenters. The highest BCUT2D eigenvalue weighted by Gasteiger charge is 2.17. The molecule has 0 spiro atoms. The van der Waals surface area contributed by atoms with Crippen molar-refractivity contribution in [1.82, 2.24) is 5.32 Å². The van der Waals surface area contributed by atoms with E-state index in [1.54, 1.807) is 0 Å². The summed E-state index contributed by atoms with van der Waals surface area (Å²) in [5.41, 5.74) is 0.919. The van der Waals surface area contributed by atoms with Gasteiger partial charge in [0, 0.05) is 17.5 Å². The van der Waals surface area contributed by atoms with E-state index in [9.17, 15) is 4.79 Å². The highest BCUT2D eigenvalue weighted by atomic mass is 35.5. The first-order valence-electron chi connectivity index (χ1n) is 7.31. The maximum atomic E-state index is 12.2. The standard InChI is InChI=1S/C17H20N2O.ClH/c20-17(12-13-8-10-18-11-9-13)19-16-7-3-5-14-4-1-2-6-15(14)16;/h1-7,13,18H,8-12H2,(H,19,20);1H. The Labute approximate surface area is 131 Å². The molecule has 2 aromatic carbocycles. The molecule has 2 aromatic rings. The zero-order valence-electron chi connectivity index (χ0n) is 12.0. The van der Waals surface area contributed by atoms with Crippen molar-refractivity contribution in [2.75, 3.05) is 18.4 Å². The number of hydrogen-bond donors (Lipinski definition) is 2. The van der Waals surface area contributed by atoms with Gasteiger partial charge in [-0.25, -0.2) is 0 Å². The summed E-state index contributed by atoms with van der Waals surface area (Å²) < 4.78 is 0. The van der Waals surface area contributed by atoms with Gasteiger partial charge < -0.3 is 10.6 Å². The number of carbonyl (C=O) groups is 1. The number of carbonyl (C=O) groups excluding carboxylic acids is 1. The summed E-state index contributed by atoms with van der Waals surface area (Å²) in [6, 6.07) is 14.2. The molecule has 3 rings (SSSR count). The summed E-state index contributed by atoms with van der Waals surface area (Å²) >= 11 is 0. The largest absolute Gasteiger partial charge is 0.326 e. The van der Waals surface area contributed by atoms with Gasteiger partial charge in [0.15, 0.2) is 0 Å². The molecular formula is C17H21ClN2O. The van der Waals surface area contributed by atoms with Gasteiger partial charge in [-0.1, -0.05) is 36.4 Å². The predicted molar refractivity (Wildman–Crippen MR) is 90.0 cm³/mol. The number of piperidine rings is 1. The molecule has 1 aliphatic heterocycles. The Morgan fingerprint density at radius 2 is 1.81 bits per heavy atom. The number of rotatable bonds is 3. The quantitative estimate of drug-likeness (QED) is 0.910. The SMILES string of the molecule is Cl.O=C(CC1CCNCC1)Nc1cccc2ccccc12. The molecule has 0 radical (unpaired) electrons. The van der Waals surface area contributed by atoms with E-state index in [2.05, 4.69) is 28.8 Å². The molecule has 1 fully saturated rings. The van der Waals surface area contributed by atoms with E-state index in [0.29, 0.717) is 12.3 Å². The fraction of sp³-hybridized carbons (Fsp3) is 0.353. The van der Waals surface area contributed by atoms with Crippen LogP contribution in [-0.2, 0) is 4.79 Å². The van der Waals surface area contributed by atoms with E-state index in [-0.39, 0.29) is 18.3 Å². The third-order valence-electron chi connectivity index (χ3n) is 4.00. The van der Waals surface area contributed by atoms with Crippen molar-refractivity contribution in [3.05, 3.63) is 42.5 Å². The van der Waals surface area contributed by atoms with Crippen LogP contribution >= 0.6 is 12.4 Å². The second kappa shape index (κ2) is 7.43. The van der Waals surface area contributed by atoms with E-state index < -0.39 is 0 Å². The number of anilines is 1. The van der Waals surface area contributed by atoms with Crippen LogP contribution in [0.1, 0.15) is 19.3 Å². The number of nitrogens with one attached hydrogen (secondary N) is 2. The zero-order valence-corrected chi connectivity index (χ0v) is 12.8. The molecule has 4 heteroatoms. The average molecular weight is 305 g/mol. The topological polar surface area (TPSA) is 41.1 Å². The van der Waals surface area contributed by atoms with Gasteiger partial charge >= 0.3 is 0 Å². The summed E-state index contributed by atoms with van der Waals surface area (Å²) in [4.78, 5) is 12.2. The fourth-order valence-corrected chi connectivity index (χ4v) is 2.88. The molecule has 1 amide bonds. The van der Waals surface area contributed by atoms with Crippen LogP contribution in [0.25, 0.3) is 10.8 Å². The molecule has 0 bridgehead atoms. The predicted octanol–water partition coefficient (Wildman–Crippen LogP) is 3.59. The van der Waals surface area contributed by atoms with Crippen LogP contribution in [0.5, 0.6) is 0 Å². The highest BCUT2D eigenvalue weighted by molar-refractivity contribution is 6.02. The summed E-state index contributed by atoms with van der Waals surface area (Å²) in [5.74, 6) is 0.652. The number of benzene rings is 2. The van der Waals surface area contributed by atoms with E-state index in [0.717, 1.165) is 42.4 Å². The molecule has 112 valence electrons. The van der Waals surface area contributed by atoms with Gasteiger partial charge in [-0.2, -0.15) is 0 Å². The Balaban J connectivity index is 0.00000161. The monoisotopic (exact) mass is 304 g/mol. The summed E-state index contributed by atoms with van der Waals surface area (Å²) in [7, 11) is 0. The van der Waals surface area contributed by atoms with Crippen LogP contribution in [-0.4, -0.2) is 19.0 Å². The van der Waals surface area contributed by atoms with Gasteiger partial charge in [0.1, 0.15) is 0 Å². The zero-order chi connectivity index (χ0) is 13.8. The van der Waals surface area contributed by atoms with Crippen LogP contribution in [0.3, 0.4) is 0 Å². The molecule has 2 N–H and O–H groups in total. The molecule has 0 aromatic heterocycles. The lowest BCUT2D eigenvalue weighted by Gasteiger charge is -2.22. The van der Waals surface area contributed by atoms with E-state index >= 15 is 0 Å². The Hall–Kier alpha value is -1.58. The highest BCUT2D eigenvalue weighted by Crippen LogP contribution is 2.24. The minimum atomic E-state index is 0. The van der Waals surface area contributed by atoms with Crippen LogP contribution in [0.4, 0.5) is 5.69 Å². The molecule has 21 heavy (non-hydrogen) atoms. The molecule has 0 aliphatic carbocycles. The van der Waals surface area contributed by atoms with Crippen LogP contribution in [0.2, 0.25) is 0 Å². The maximum absolute atomic E-state index is 12.2. The second-order valence-electron chi connectivity index (χ2n) is 5.47. The Morgan fingerprint density at radius 3 is 2.62 bits per heavy atom. The lowest BCUT2D eigenvalue weighted by atomic mass is 9.94. The van der Waals surface area contributed by atoms with Gasteiger partial charge in [0.05, 0.1) is 0 Å². The summed E-state index contributed by atoms with van der Waals surface area (Å²) in [6.07, 6.45) is 2.83. The van der Waals surface area contributed by atoms with Gasteiger partial charge in [0.2, 0.25) is 5.91 Å². The minimum absolute atomic E-state index is 0. The molecule has 0 unspecified atom stereocenters. The van der Waals surface area contributed by atoms with E-state index in [4.69, 9.17) is 0 Å². The van der Waals surface area contributed by atoms with Crippen molar-refractivity contribution < 1.29 is 4.79 Å². The molecule has 1 aliphatic rings. The first-order valence-corrected chi connectivity index (χ1v) is 7.31. The Kier molecular flexibility index (Phi) is 5.59. The lowest BCUT2D eigenvalue weighted by molar-refractivity contribution is -0.117. The number of amides is 1. The van der Waals surface area contributed by atoms with Crippen molar-refractivity contribution in [2.24, 2.45) is 5.92 Å². The van der Waals surface area contributed by atoms with Crippen LogP contribution in [0.15, 0.2) is 42.5 Å². The molecular weight excluding hydrogens is 284 g/mol. The van der Waals surface area contributed by atoms with Gasteiger partial charge in [-0.05, 0) is 43.3 Å². The Morgan fingerprint density at radius 1 is 1.10 bits per heavy atom. The van der Waals surface area contributed by atoms with Crippen molar-refractivity contribution in [2.45, 2.75) is 19.3 Å². The molecule has 1 heterocycles. The molecule has 3 nitrogen and oxygen atoms in total. The normalized spacial score (nSPS) is 15.4. The first-order chi connectivity index (χ1) is 9.83. The average Bonchev–Trinajstić information content (AvgIpc) is 2.48. The second-order valence-corrected chi connectivity index (χ2v) is 5.47. The van der Waals surface area contributed by atoms with E-state index in [1.807, 2.05) is 24.3 Å². The first kappa shape index (κ1) is 15.8. The van der Waals surface area contributed by atoms with E-state index in [1.165, 1.54) is 0 Å². The molecule has 0 saturated carbocycles. The van der Waals surface area contributed by atoms with Crippen LogP contribution in [0, 0.1) is 5.92 Å². The number of fused-ring (bicyclic) bond motifs is 1.